The highest BCUT2D eigenvalue weighted by Crippen LogP contribution is 2.34. The first kappa shape index (κ1) is 20.5. The van der Waals surface area contributed by atoms with Gasteiger partial charge in [0.2, 0.25) is 5.91 Å². The lowest BCUT2D eigenvalue weighted by atomic mass is 9.87. The van der Waals surface area contributed by atoms with Gasteiger partial charge in [-0.15, -0.1) is 0 Å². The second kappa shape index (κ2) is 8.04. The first-order valence-electron chi connectivity index (χ1n) is 8.57. The Bertz CT molecular complexity index is 1030. The van der Waals surface area contributed by atoms with Crippen LogP contribution in [0.5, 0.6) is 0 Å². The number of Topliss-reactive ketones (excluding diaryl/α,β-unsaturated/α-hetero) is 1. The second-order valence-electron chi connectivity index (χ2n) is 6.86. The highest BCUT2D eigenvalue weighted by atomic mass is 32.2. The molecule has 6 nitrogen and oxygen atoms in total. The van der Waals surface area contributed by atoms with E-state index in [1.807, 2.05) is 0 Å². The molecule has 1 amide bonds. The second-order valence-corrected chi connectivity index (χ2v) is 9.82. The molecule has 1 N–H and O–H groups in total. The number of hydrogen-bond donors (Lipinski definition) is 1. The van der Waals surface area contributed by atoms with Crippen LogP contribution in [0.4, 0.5) is 13.9 Å². The fraction of sp³-hybridized carbons (Fsp3) is 0.389. The van der Waals surface area contributed by atoms with E-state index in [-0.39, 0.29) is 18.3 Å². The van der Waals surface area contributed by atoms with Gasteiger partial charge in [-0.2, -0.15) is 4.39 Å². The van der Waals surface area contributed by atoms with Gasteiger partial charge in [0.25, 0.3) is 0 Å². The summed E-state index contributed by atoms with van der Waals surface area (Å²) in [5, 5.41) is 2.03. The number of benzene rings is 1. The van der Waals surface area contributed by atoms with Crippen molar-refractivity contribution in [1.82, 2.24) is 4.98 Å². The van der Waals surface area contributed by atoms with Gasteiger partial charge in [-0.3, -0.25) is 9.59 Å². The maximum atomic E-state index is 14.4. The summed E-state index contributed by atoms with van der Waals surface area (Å²) < 4.78 is 50.7. The third-order valence-corrected chi connectivity index (χ3v) is 6.53. The van der Waals surface area contributed by atoms with Gasteiger partial charge < -0.3 is 5.32 Å². The number of anilines is 1. The fourth-order valence-electron chi connectivity index (χ4n) is 3.36. The smallest absolute Gasteiger partial charge is 0.233 e. The minimum atomic E-state index is -3.74. The predicted molar refractivity (Wildman–Crippen MR) is 102 cm³/mol. The molecule has 1 aromatic carbocycles. The van der Waals surface area contributed by atoms with Crippen molar-refractivity contribution in [3.05, 3.63) is 40.9 Å². The van der Waals surface area contributed by atoms with Gasteiger partial charge in [0.1, 0.15) is 16.5 Å². The van der Waals surface area contributed by atoms with Gasteiger partial charge in [-0.05, 0) is 36.5 Å². The van der Waals surface area contributed by atoms with Gasteiger partial charge in [0.15, 0.2) is 20.1 Å². The molecular weight excluding hydrogens is 410 g/mol. The van der Waals surface area contributed by atoms with Crippen LogP contribution >= 0.6 is 11.3 Å². The average Bonchev–Trinajstić information content (AvgIpc) is 3.19. The third kappa shape index (κ3) is 4.79. The number of carbonyl (C=O) groups is 2. The number of halogens is 2. The molecule has 0 unspecified atom stereocenters. The molecule has 1 aliphatic carbocycles. The number of carbonyl (C=O) groups excluding carboxylic acids is 2. The Kier molecular flexibility index (Phi) is 5.90. The zero-order valence-electron chi connectivity index (χ0n) is 14.9. The largest absolute Gasteiger partial charge is 0.301 e. The quantitative estimate of drug-likeness (QED) is 0.757. The van der Waals surface area contributed by atoms with E-state index in [2.05, 4.69) is 10.3 Å². The summed E-state index contributed by atoms with van der Waals surface area (Å²) >= 11 is 0.664. The summed E-state index contributed by atoms with van der Waals surface area (Å²) in [7, 11) is -3.74. The molecule has 2 atom stereocenters. The fourth-order valence-corrected chi connectivity index (χ4v) is 4.64. The molecule has 2 aromatic rings. The normalized spacial score (nSPS) is 18.2. The van der Waals surface area contributed by atoms with Crippen LogP contribution in [0.1, 0.15) is 38.6 Å². The summed E-state index contributed by atoms with van der Waals surface area (Å²) in [6, 6.07) is 3.55. The van der Waals surface area contributed by atoms with E-state index in [0.717, 1.165) is 24.6 Å². The van der Waals surface area contributed by atoms with Crippen molar-refractivity contribution >= 4 is 38.0 Å². The molecule has 152 valence electrons. The Balaban J connectivity index is 0.00000300. The zero-order chi connectivity index (χ0) is 20.5. The number of amides is 1. The summed E-state index contributed by atoms with van der Waals surface area (Å²) in [4.78, 5) is 27.7. The summed E-state index contributed by atoms with van der Waals surface area (Å²) in [6.07, 6.45) is 3.60. The molecule has 0 spiro atoms. The van der Waals surface area contributed by atoms with Crippen LogP contribution in [0, 0.1) is 16.9 Å². The van der Waals surface area contributed by atoms with E-state index in [9.17, 15) is 26.8 Å². The summed E-state index contributed by atoms with van der Waals surface area (Å²) in [6.45, 7) is 0. The molecule has 1 aliphatic rings. The standard InChI is InChI=1S/C18H18F2N2O4S2.H2/c1-28(25,26)15-5-3-11(8-14(15)19)13(7-10-2-4-12(23)6-10)17(24)22-18-21-9-16(20)27-18;/h3,5,8-10,13H,2,4,6-7H2,1H3,(H,21,22,24);1H/t10-,13+;/m0./s1. The first-order valence-corrected chi connectivity index (χ1v) is 11.3. The van der Waals surface area contributed by atoms with E-state index >= 15 is 0 Å². The average molecular weight is 430 g/mol. The predicted octanol–water partition coefficient (Wildman–Crippen LogP) is 3.55. The Labute approximate surface area is 166 Å². The maximum absolute atomic E-state index is 14.4. The van der Waals surface area contributed by atoms with Gasteiger partial charge in [-0.1, -0.05) is 17.4 Å². The maximum Gasteiger partial charge on any atom is 0.233 e. The number of aromatic nitrogens is 1. The van der Waals surface area contributed by atoms with Gasteiger partial charge in [0, 0.05) is 20.5 Å². The van der Waals surface area contributed by atoms with E-state index in [0.29, 0.717) is 42.6 Å². The van der Waals surface area contributed by atoms with Gasteiger partial charge >= 0.3 is 0 Å². The number of nitrogens with one attached hydrogen (secondary N) is 1. The molecular formula is C18H20F2N2O4S2. The van der Waals surface area contributed by atoms with Crippen LogP contribution < -0.4 is 5.32 Å². The van der Waals surface area contributed by atoms with E-state index < -0.39 is 37.5 Å². The van der Waals surface area contributed by atoms with E-state index in [4.69, 9.17) is 0 Å². The minimum absolute atomic E-state index is 0. The van der Waals surface area contributed by atoms with Crippen molar-refractivity contribution in [3.8, 4) is 0 Å². The lowest BCUT2D eigenvalue weighted by molar-refractivity contribution is -0.119. The third-order valence-electron chi connectivity index (χ3n) is 4.70. The van der Waals surface area contributed by atoms with Crippen molar-refractivity contribution < 1.29 is 28.2 Å². The van der Waals surface area contributed by atoms with Gasteiger partial charge in [0.05, 0.1) is 12.1 Å². The number of thiazole rings is 1. The molecule has 1 saturated carbocycles. The van der Waals surface area contributed by atoms with Crippen molar-refractivity contribution in [2.24, 2.45) is 5.92 Å². The molecule has 1 heterocycles. The van der Waals surface area contributed by atoms with Gasteiger partial charge in [-0.25, -0.2) is 17.8 Å². The number of ketones is 1. The monoisotopic (exact) mass is 430 g/mol. The SMILES string of the molecule is CS(=O)(=O)c1ccc([C@@H](C[C@H]2CCC(=O)C2)C(=O)Nc2ncc(F)s2)cc1F.[HH]. The van der Waals surface area contributed by atoms with Crippen LogP contribution in [-0.4, -0.2) is 31.3 Å². The lowest BCUT2D eigenvalue weighted by Gasteiger charge is -2.20. The van der Waals surface area contributed by atoms with E-state index in [1.54, 1.807) is 0 Å². The Hall–Kier alpha value is -2.20. The molecule has 1 fully saturated rings. The zero-order valence-corrected chi connectivity index (χ0v) is 16.6. The molecule has 10 heteroatoms. The Morgan fingerprint density at radius 2 is 2.18 bits per heavy atom. The Morgan fingerprint density at radius 1 is 1.43 bits per heavy atom. The van der Waals surface area contributed by atoms with Crippen LogP contribution in [0.3, 0.4) is 0 Å². The van der Waals surface area contributed by atoms with Crippen LogP contribution in [0.2, 0.25) is 0 Å². The first-order chi connectivity index (χ1) is 13.1. The van der Waals surface area contributed by atoms with Crippen LogP contribution in [-0.2, 0) is 19.4 Å². The number of sulfone groups is 1. The number of hydrogen-bond acceptors (Lipinski definition) is 6. The lowest BCUT2D eigenvalue weighted by Crippen LogP contribution is -2.23. The van der Waals surface area contributed by atoms with Crippen LogP contribution in [0.25, 0.3) is 0 Å². The highest BCUT2D eigenvalue weighted by molar-refractivity contribution is 7.90. The summed E-state index contributed by atoms with van der Waals surface area (Å²) in [5.41, 5.74) is 0.291. The van der Waals surface area contributed by atoms with Crippen LogP contribution in [0.15, 0.2) is 29.3 Å². The van der Waals surface area contributed by atoms with Crippen molar-refractivity contribution in [1.29, 1.82) is 0 Å². The minimum Gasteiger partial charge on any atom is -0.301 e. The molecule has 1 aromatic heterocycles. The number of nitrogens with zero attached hydrogens (tertiary/aromatic N) is 1. The molecule has 0 bridgehead atoms. The molecule has 3 rings (SSSR count). The number of rotatable bonds is 6. The van der Waals surface area contributed by atoms with Crippen molar-refractivity contribution in [3.63, 3.8) is 0 Å². The molecule has 0 radical (unpaired) electrons. The topological polar surface area (TPSA) is 93.2 Å². The van der Waals surface area contributed by atoms with Crippen molar-refractivity contribution in [2.75, 3.05) is 11.6 Å². The molecule has 28 heavy (non-hydrogen) atoms. The Morgan fingerprint density at radius 3 is 2.71 bits per heavy atom. The van der Waals surface area contributed by atoms with E-state index in [1.165, 1.54) is 6.07 Å². The highest BCUT2D eigenvalue weighted by Gasteiger charge is 2.31. The molecule has 0 saturated heterocycles. The van der Waals surface area contributed by atoms with Crippen molar-refractivity contribution in [2.45, 2.75) is 36.5 Å². The molecule has 0 aliphatic heterocycles. The summed E-state index contributed by atoms with van der Waals surface area (Å²) in [5.74, 6) is -2.20.